The molecule has 0 bridgehead atoms. The molecule has 81 heavy (non-hydrogen) atoms. The first-order chi connectivity index (χ1) is 40.0. The summed E-state index contributed by atoms with van der Waals surface area (Å²) >= 11 is 0. The van der Waals surface area contributed by atoms with Crippen molar-refractivity contribution in [3.05, 3.63) is 158 Å². The molecule has 0 radical (unpaired) electrons. The molecule has 6 heteroatoms. The summed E-state index contributed by atoms with van der Waals surface area (Å²) in [7, 11) is 0. The predicted molar refractivity (Wildman–Crippen MR) is 352 cm³/mol. The van der Waals surface area contributed by atoms with E-state index in [0.29, 0.717) is 19.3 Å². The van der Waals surface area contributed by atoms with E-state index >= 15 is 0 Å². The maximum atomic E-state index is 12.9. The van der Waals surface area contributed by atoms with Gasteiger partial charge in [0.2, 0.25) is 0 Å². The van der Waals surface area contributed by atoms with Crippen LogP contribution in [0.2, 0.25) is 0 Å². The average Bonchev–Trinajstić information content (AvgIpc) is 3.47. The fraction of sp³-hybridized carbons (Fsp3) is 0.613. The molecule has 1 unspecified atom stereocenters. The molecular formula is C75H120O6. The Morgan fingerprint density at radius 1 is 0.259 bits per heavy atom. The summed E-state index contributed by atoms with van der Waals surface area (Å²) in [5.41, 5.74) is 0. The third-order valence-electron chi connectivity index (χ3n) is 13.5. The molecule has 6 nitrogen and oxygen atoms in total. The number of esters is 3. The Labute approximate surface area is 499 Å². The van der Waals surface area contributed by atoms with Crippen LogP contribution in [0.3, 0.4) is 0 Å². The van der Waals surface area contributed by atoms with E-state index in [0.717, 1.165) is 141 Å². The molecule has 0 aromatic carbocycles. The van der Waals surface area contributed by atoms with Crippen molar-refractivity contribution in [2.24, 2.45) is 0 Å². The third-order valence-corrected chi connectivity index (χ3v) is 13.5. The van der Waals surface area contributed by atoms with Crippen molar-refractivity contribution < 1.29 is 28.6 Å². The number of allylic oxidation sites excluding steroid dienone is 26. The molecular weight excluding hydrogens is 997 g/mol. The van der Waals surface area contributed by atoms with Crippen LogP contribution in [0.15, 0.2) is 158 Å². The van der Waals surface area contributed by atoms with Gasteiger partial charge in [0.25, 0.3) is 0 Å². The van der Waals surface area contributed by atoms with E-state index in [1.165, 1.54) is 89.9 Å². The number of carbonyl (C=O) groups excluding carboxylic acids is 3. The highest BCUT2D eigenvalue weighted by molar-refractivity contribution is 5.71. The second-order valence-corrected chi connectivity index (χ2v) is 21.3. The summed E-state index contributed by atoms with van der Waals surface area (Å²) in [4.78, 5) is 38.4. The first-order valence-corrected chi connectivity index (χ1v) is 33.0. The highest BCUT2D eigenvalue weighted by Gasteiger charge is 2.19. The van der Waals surface area contributed by atoms with E-state index in [2.05, 4.69) is 179 Å². The first-order valence-electron chi connectivity index (χ1n) is 33.0. The summed E-state index contributed by atoms with van der Waals surface area (Å²) in [6.07, 6.45) is 98.2. The topological polar surface area (TPSA) is 78.9 Å². The summed E-state index contributed by atoms with van der Waals surface area (Å²) < 4.78 is 16.9. The fourth-order valence-electron chi connectivity index (χ4n) is 8.63. The Bertz CT molecular complexity index is 1810. The summed E-state index contributed by atoms with van der Waals surface area (Å²) in [5, 5.41) is 0. The summed E-state index contributed by atoms with van der Waals surface area (Å²) in [5.74, 6) is -0.987. The molecule has 0 rings (SSSR count). The maximum absolute atomic E-state index is 12.9. The SMILES string of the molecule is CC/C=C\C/C=C\C/C=C\C/C=C\C/C=C\C/C=C\C/C=C\CCCC(=O)OC(COC(=O)CCCCCCC/C=C\CCCCCCCC)COC(=O)CCCCCCCCCCC/C=C\C/C=C\C/C=C\C/C=C\C/C=C\CC. The van der Waals surface area contributed by atoms with Crippen LogP contribution in [0.1, 0.15) is 278 Å². The van der Waals surface area contributed by atoms with Crippen molar-refractivity contribution in [3.8, 4) is 0 Å². The quantitative estimate of drug-likeness (QED) is 0.0261. The molecule has 0 amide bonds. The van der Waals surface area contributed by atoms with E-state index in [9.17, 15) is 14.4 Å². The van der Waals surface area contributed by atoms with Gasteiger partial charge in [0.05, 0.1) is 0 Å². The van der Waals surface area contributed by atoms with E-state index in [1.54, 1.807) is 0 Å². The van der Waals surface area contributed by atoms with Crippen LogP contribution >= 0.6 is 0 Å². The van der Waals surface area contributed by atoms with E-state index in [4.69, 9.17) is 14.2 Å². The molecule has 0 saturated heterocycles. The zero-order valence-electron chi connectivity index (χ0n) is 52.2. The molecule has 0 saturated carbocycles. The van der Waals surface area contributed by atoms with Gasteiger partial charge in [-0.2, -0.15) is 0 Å². The second kappa shape index (κ2) is 67.5. The highest BCUT2D eigenvalue weighted by Crippen LogP contribution is 2.14. The minimum atomic E-state index is -0.824. The van der Waals surface area contributed by atoms with Crippen molar-refractivity contribution in [2.75, 3.05) is 13.2 Å². The Morgan fingerprint density at radius 2 is 0.494 bits per heavy atom. The molecule has 456 valence electrons. The van der Waals surface area contributed by atoms with Crippen molar-refractivity contribution in [1.29, 1.82) is 0 Å². The Balaban J connectivity index is 4.50. The number of hydrogen-bond donors (Lipinski definition) is 0. The normalized spacial score (nSPS) is 13.2. The van der Waals surface area contributed by atoms with E-state index < -0.39 is 6.10 Å². The Hall–Kier alpha value is -4.97. The molecule has 0 spiro atoms. The van der Waals surface area contributed by atoms with Crippen molar-refractivity contribution >= 4 is 17.9 Å². The van der Waals surface area contributed by atoms with Gasteiger partial charge in [0.1, 0.15) is 13.2 Å². The lowest BCUT2D eigenvalue weighted by atomic mass is 10.1. The number of carbonyl (C=O) groups is 3. The van der Waals surface area contributed by atoms with Crippen LogP contribution < -0.4 is 0 Å². The molecule has 0 aromatic rings. The molecule has 0 heterocycles. The summed E-state index contributed by atoms with van der Waals surface area (Å²) in [6.45, 7) is 6.35. The van der Waals surface area contributed by atoms with Crippen molar-refractivity contribution in [1.82, 2.24) is 0 Å². The molecule has 1 atom stereocenters. The van der Waals surface area contributed by atoms with Gasteiger partial charge in [0, 0.05) is 19.3 Å². The van der Waals surface area contributed by atoms with Gasteiger partial charge in [-0.15, -0.1) is 0 Å². The lowest BCUT2D eigenvalue weighted by molar-refractivity contribution is -0.167. The Kier molecular flexibility index (Phi) is 63.4. The molecule has 0 aliphatic carbocycles. The molecule has 0 aromatic heterocycles. The zero-order valence-corrected chi connectivity index (χ0v) is 52.2. The minimum absolute atomic E-state index is 0.113. The van der Waals surface area contributed by atoms with Crippen LogP contribution in [0, 0.1) is 0 Å². The standard InChI is InChI=1S/C75H120O6/c1-4-7-10-13-16-19-22-25-28-30-32-34-36-37-39-40-42-44-47-50-53-56-59-62-65-68-74(77)80-71-72(70-79-73(76)67-64-61-58-55-52-49-46-27-24-21-18-15-12-9-6-3)81-75(78)69-66-63-60-57-54-51-48-45-43-41-38-35-33-31-29-26-23-20-17-14-11-8-5-2/h7-8,10-11,16-17,19-20,25-29,32-35,37,39,41,43,46,48,51,57,60,72H,4-6,9,12-15,18,21-24,30-31,36,38,40,42,44-45,47,49-50,52-56,58-59,61-71H2,1-3H3/b10-7-,11-8-,19-16-,20-17-,28-25-,29-26-,34-32-,35-33-,39-37-,43-41-,46-27-,51-48-,60-57-. The fourth-order valence-corrected chi connectivity index (χ4v) is 8.63. The van der Waals surface area contributed by atoms with Crippen molar-refractivity contribution in [3.63, 3.8) is 0 Å². The molecule has 0 aliphatic heterocycles. The number of unbranched alkanes of at least 4 members (excludes halogenated alkanes) is 21. The summed E-state index contributed by atoms with van der Waals surface area (Å²) in [6, 6.07) is 0. The van der Waals surface area contributed by atoms with Gasteiger partial charge < -0.3 is 14.2 Å². The number of rotatable bonds is 58. The van der Waals surface area contributed by atoms with Gasteiger partial charge >= 0.3 is 17.9 Å². The molecule has 0 N–H and O–H groups in total. The Morgan fingerprint density at radius 3 is 0.802 bits per heavy atom. The van der Waals surface area contributed by atoms with Crippen LogP contribution in [0.25, 0.3) is 0 Å². The van der Waals surface area contributed by atoms with Gasteiger partial charge in [-0.3, -0.25) is 14.4 Å². The minimum Gasteiger partial charge on any atom is -0.462 e. The lowest BCUT2D eigenvalue weighted by Crippen LogP contribution is -2.30. The monoisotopic (exact) mass is 1120 g/mol. The van der Waals surface area contributed by atoms with Crippen LogP contribution in [0.5, 0.6) is 0 Å². The van der Waals surface area contributed by atoms with Gasteiger partial charge in [-0.05, 0) is 141 Å². The molecule has 0 fully saturated rings. The largest absolute Gasteiger partial charge is 0.462 e. The van der Waals surface area contributed by atoms with Crippen molar-refractivity contribution in [2.45, 2.75) is 284 Å². The smallest absolute Gasteiger partial charge is 0.306 e. The highest BCUT2D eigenvalue weighted by atomic mass is 16.6. The lowest BCUT2D eigenvalue weighted by Gasteiger charge is -2.18. The average molecular weight is 1120 g/mol. The predicted octanol–water partition coefficient (Wildman–Crippen LogP) is 22.9. The van der Waals surface area contributed by atoms with E-state index in [-0.39, 0.29) is 37.5 Å². The number of ether oxygens (including phenoxy) is 3. The zero-order chi connectivity index (χ0) is 58.5. The number of hydrogen-bond acceptors (Lipinski definition) is 6. The van der Waals surface area contributed by atoms with Crippen LogP contribution in [0.4, 0.5) is 0 Å². The first kappa shape index (κ1) is 76.0. The second-order valence-electron chi connectivity index (χ2n) is 21.3. The van der Waals surface area contributed by atoms with Gasteiger partial charge in [-0.25, -0.2) is 0 Å². The third kappa shape index (κ3) is 65.7. The molecule has 0 aliphatic rings. The van der Waals surface area contributed by atoms with E-state index in [1.807, 2.05) is 0 Å². The maximum Gasteiger partial charge on any atom is 0.306 e. The van der Waals surface area contributed by atoms with Gasteiger partial charge in [-0.1, -0.05) is 275 Å². The van der Waals surface area contributed by atoms with Gasteiger partial charge in [0.15, 0.2) is 6.10 Å². The van der Waals surface area contributed by atoms with Crippen LogP contribution in [-0.4, -0.2) is 37.2 Å². The van der Waals surface area contributed by atoms with Crippen LogP contribution in [-0.2, 0) is 28.6 Å².